The van der Waals surface area contributed by atoms with Crippen LogP contribution in [0.4, 0.5) is 0 Å². The van der Waals surface area contributed by atoms with E-state index in [0.29, 0.717) is 5.75 Å². The van der Waals surface area contributed by atoms with E-state index in [-0.39, 0.29) is 5.91 Å². The third kappa shape index (κ3) is 4.93. The number of carbonyl (C=O) groups excluding carboxylic acids is 1. The van der Waals surface area contributed by atoms with E-state index >= 15 is 0 Å². The van der Waals surface area contributed by atoms with Crippen LogP contribution in [0.25, 0.3) is 0 Å². The van der Waals surface area contributed by atoms with E-state index in [0.717, 1.165) is 10.6 Å². The number of aromatic nitrogens is 1. The molecule has 1 heterocycles. The van der Waals surface area contributed by atoms with Crippen LogP contribution in [0.2, 0.25) is 0 Å². The van der Waals surface area contributed by atoms with Crippen LogP contribution in [-0.4, -0.2) is 22.9 Å². The molecule has 1 amide bonds. The van der Waals surface area contributed by atoms with Gasteiger partial charge in [0.25, 0.3) is 0 Å². The van der Waals surface area contributed by atoms with Gasteiger partial charge in [-0.3, -0.25) is 4.79 Å². The van der Waals surface area contributed by atoms with E-state index in [4.69, 9.17) is 0 Å². The Labute approximate surface area is 116 Å². The van der Waals surface area contributed by atoms with Gasteiger partial charge in [-0.1, -0.05) is 48.2 Å². The van der Waals surface area contributed by atoms with Gasteiger partial charge >= 0.3 is 0 Å². The maximum atomic E-state index is 11.5. The van der Waals surface area contributed by atoms with Crippen molar-refractivity contribution in [2.24, 2.45) is 5.10 Å². The van der Waals surface area contributed by atoms with E-state index in [2.05, 4.69) is 15.5 Å². The smallest absolute Gasteiger partial charge is 0.250 e. The summed E-state index contributed by atoms with van der Waals surface area (Å²) >= 11 is 1.38. The highest BCUT2D eigenvalue weighted by atomic mass is 32.2. The van der Waals surface area contributed by atoms with Crippen LogP contribution in [0.5, 0.6) is 0 Å². The van der Waals surface area contributed by atoms with Crippen molar-refractivity contribution in [1.82, 2.24) is 10.4 Å². The second kappa shape index (κ2) is 7.33. The van der Waals surface area contributed by atoms with Crippen LogP contribution < -0.4 is 5.43 Å². The molecule has 0 aliphatic heterocycles. The zero-order chi connectivity index (χ0) is 13.3. The molecule has 0 bridgehead atoms. The number of carbonyl (C=O) groups is 1. The molecule has 1 aromatic carbocycles. The maximum Gasteiger partial charge on any atom is 0.250 e. The van der Waals surface area contributed by atoms with Gasteiger partial charge in [0.2, 0.25) is 5.91 Å². The molecule has 0 radical (unpaired) electrons. The second-order valence-electron chi connectivity index (χ2n) is 3.66. The van der Waals surface area contributed by atoms with E-state index in [9.17, 15) is 4.79 Å². The van der Waals surface area contributed by atoms with Gasteiger partial charge < -0.3 is 0 Å². The molecule has 4 nitrogen and oxygen atoms in total. The summed E-state index contributed by atoms with van der Waals surface area (Å²) in [5, 5.41) is 4.72. The molecule has 0 atom stereocenters. The molecule has 1 N–H and O–H groups in total. The van der Waals surface area contributed by atoms with Gasteiger partial charge in [0.05, 0.1) is 17.0 Å². The highest BCUT2D eigenvalue weighted by Crippen LogP contribution is 2.12. The summed E-state index contributed by atoms with van der Waals surface area (Å²) in [6.45, 7) is 0. The number of hydrazone groups is 1. The van der Waals surface area contributed by atoms with Crippen LogP contribution in [0.3, 0.4) is 0 Å². The molecule has 0 saturated carbocycles. The largest absolute Gasteiger partial charge is 0.272 e. The highest BCUT2D eigenvalue weighted by Gasteiger charge is 2.01. The molecule has 2 rings (SSSR count). The fraction of sp³-hybridized carbons (Fsp3) is 0.0714. The molecule has 19 heavy (non-hydrogen) atoms. The molecule has 0 aliphatic rings. The minimum absolute atomic E-state index is 0.150. The molecular formula is C14H13N3OS. The van der Waals surface area contributed by atoms with Gasteiger partial charge in [0, 0.05) is 6.20 Å². The lowest BCUT2D eigenvalue weighted by Gasteiger charge is -1.99. The van der Waals surface area contributed by atoms with Crippen molar-refractivity contribution in [3.63, 3.8) is 0 Å². The molecule has 0 spiro atoms. The number of hydrogen-bond acceptors (Lipinski definition) is 4. The molecule has 2 aromatic rings. The Morgan fingerprint density at radius 3 is 2.74 bits per heavy atom. The average Bonchev–Trinajstić information content (AvgIpc) is 2.47. The Kier molecular flexibility index (Phi) is 5.13. The monoisotopic (exact) mass is 271 g/mol. The van der Waals surface area contributed by atoms with Gasteiger partial charge in [-0.05, 0) is 17.7 Å². The third-order valence-electron chi connectivity index (χ3n) is 2.19. The summed E-state index contributed by atoms with van der Waals surface area (Å²) in [5.41, 5.74) is 3.43. The summed E-state index contributed by atoms with van der Waals surface area (Å²) in [4.78, 5) is 15.7. The van der Waals surface area contributed by atoms with Crippen molar-refractivity contribution >= 4 is 23.9 Å². The number of nitrogens with zero attached hydrogens (tertiary/aromatic N) is 2. The average molecular weight is 271 g/mol. The van der Waals surface area contributed by atoms with Crippen molar-refractivity contribution < 1.29 is 4.79 Å². The summed E-state index contributed by atoms with van der Waals surface area (Å²) in [7, 11) is 0. The van der Waals surface area contributed by atoms with Crippen molar-refractivity contribution in [2.45, 2.75) is 5.03 Å². The number of nitrogens with one attached hydrogen (secondary N) is 1. The summed E-state index contributed by atoms with van der Waals surface area (Å²) in [6.07, 6.45) is 3.32. The fourth-order valence-corrected chi connectivity index (χ4v) is 1.98. The predicted octanol–water partition coefficient (Wildman–Crippen LogP) is 2.32. The van der Waals surface area contributed by atoms with E-state index < -0.39 is 0 Å². The first kappa shape index (κ1) is 13.3. The van der Waals surface area contributed by atoms with Gasteiger partial charge in [-0.15, -0.1) is 0 Å². The second-order valence-corrected chi connectivity index (χ2v) is 4.66. The molecule has 96 valence electrons. The minimum atomic E-state index is -0.150. The zero-order valence-electron chi connectivity index (χ0n) is 10.2. The highest BCUT2D eigenvalue weighted by molar-refractivity contribution is 7.99. The molecule has 5 heteroatoms. The molecule has 0 fully saturated rings. The number of benzene rings is 1. The Balaban J connectivity index is 1.75. The molecule has 1 aromatic heterocycles. The van der Waals surface area contributed by atoms with E-state index in [1.165, 1.54) is 11.8 Å². The van der Waals surface area contributed by atoms with Crippen molar-refractivity contribution in [2.75, 3.05) is 5.75 Å². The van der Waals surface area contributed by atoms with E-state index in [1.807, 2.05) is 48.5 Å². The van der Waals surface area contributed by atoms with Gasteiger partial charge in [0.1, 0.15) is 0 Å². The van der Waals surface area contributed by atoms with Crippen molar-refractivity contribution in [3.05, 3.63) is 60.3 Å². The van der Waals surface area contributed by atoms with Crippen LogP contribution in [0.15, 0.2) is 64.9 Å². The molecule has 0 aliphatic carbocycles. The van der Waals surface area contributed by atoms with E-state index in [1.54, 1.807) is 12.4 Å². The van der Waals surface area contributed by atoms with Gasteiger partial charge in [-0.25, -0.2) is 10.4 Å². The standard InChI is InChI=1S/C14H13N3OS/c18-13(11-19-14-8-4-5-9-15-14)17-16-10-12-6-2-1-3-7-12/h1-10H,11H2,(H,17,18). The first-order valence-corrected chi connectivity index (χ1v) is 6.74. The number of hydrogen-bond donors (Lipinski definition) is 1. The zero-order valence-corrected chi connectivity index (χ0v) is 11.0. The topological polar surface area (TPSA) is 54.4 Å². The molecule has 0 unspecified atom stereocenters. The van der Waals surface area contributed by atoms with Crippen LogP contribution >= 0.6 is 11.8 Å². The van der Waals surface area contributed by atoms with Crippen LogP contribution in [-0.2, 0) is 4.79 Å². The Bertz CT molecular complexity index is 543. The normalized spacial score (nSPS) is 10.5. The SMILES string of the molecule is O=C(CSc1ccccn1)NN=Cc1ccccc1. The third-order valence-corrected chi connectivity index (χ3v) is 3.14. The lowest BCUT2D eigenvalue weighted by molar-refractivity contribution is -0.118. The van der Waals surface area contributed by atoms with Crippen LogP contribution in [0, 0.1) is 0 Å². The van der Waals surface area contributed by atoms with Crippen LogP contribution in [0.1, 0.15) is 5.56 Å². The van der Waals surface area contributed by atoms with Crippen molar-refractivity contribution in [3.8, 4) is 0 Å². The lowest BCUT2D eigenvalue weighted by Crippen LogP contribution is -2.19. The summed E-state index contributed by atoms with van der Waals surface area (Å²) < 4.78 is 0. The number of rotatable bonds is 5. The molecule has 0 saturated heterocycles. The first-order chi connectivity index (χ1) is 9.34. The Morgan fingerprint density at radius 1 is 1.21 bits per heavy atom. The van der Waals surface area contributed by atoms with Gasteiger partial charge in [-0.2, -0.15) is 5.10 Å². The fourth-order valence-electron chi connectivity index (χ4n) is 1.32. The summed E-state index contributed by atoms with van der Waals surface area (Å²) in [5.74, 6) is 0.145. The molecular weight excluding hydrogens is 258 g/mol. The van der Waals surface area contributed by atoms with Gasteiger partial charge in [0.15, 0.2) is 0 Å². The minimum Gasteiger partial charge on any atom is -0.272 e. The lowest BCUT2D eigenvalue weighted by atomic mass is 10.2. The maximum absolute atomic E-state index is 11.5. The Morgan fingerprint density at radius 2 is 2.00 bits per heavy atom. The number of amides is 1. The summed E-state index contributed by atoms with van der Waals surface area (Å²) in [6, 6.07) is 15.2. The predicted molar refractivity (Wildman–Crippen MR) is 77.1 cm³/mol. The Hall–Kier alpha value is -2.14. The quantitative estimate of drug-likeness (QED) is 0.516. The number of pyridine rings is 1. The first-order valence-electron chi connectivity index (χ1n) is 5.75. The van der Waals surface area contributed by atoms with Crippen molar-refractivity contribution in [1.29, 1.82) is 0 Å². The number of thioether (sulfide) groups is 1.